The monoisotopic (exact) mass is 214 g/mol. The van der Waals surface area contributed by atoms with E-state index in [0.717, 1.165) is 16.9 Å². The van der Waals surface area contributed by atoms with E-state index >= 15 is 0 Å². The minimum absolute atomic E-state index is 0.0232. The maximum absolute atomic E-state index is 11.8. The predicted molar refractivity (Wildman–Crippen MR) is 63.0 cm³/mol. The summed E-state index contributed by atoms with van der Waals surface area (Å²) in [6.07, 6.45) is 7.56. The van der Waals surface area contributed by atoms with Crippen LogP contribution in [-0.2, 0) is 4.79 Å². The number of aryl methyl sites for hydroxylation is 2. The molecular weight excluding hydrogens is 200 g/mol. The molecule has 1 saturated heterocycles. The fourth-order valence-electron chi connectivity index (χ4n) is 2.01. The van der Waals surface area contributed by atoms with Crippen LogP contribution in [-0.4, -0.2) is 17.4 Å². The van der Waals surface area contributed by atoms with Crippen molar-refractivity contribution in [3.8, 4) is 12.3 Å². The highest BCUT2D eigenvalue weighted by molar-refractivity contribution is 5.95. The summed E-state index contributed by atoms with van der Waals surface area (Å²) in [7, 11) is 0. The second-order valence-electron chi connectivity index (χ2n) is 4.23. The molecule has 1 aromatic heterocycles. The second-order valence-corrected chi connectivity index (χ2v) is 4.23. The zero-order valence-corrected chi connectivity index (χ0v) is 9.53. The van der Waals surface area contributed by atoms with E-state index in [0.29, 0.717) is 13.0 Å². The van der Waals surface area contributed by atoms with Crippen LogP contribution in [0, 0.1) is 32.1 Å². The Morgan fingerprint density at radius 3 is 2.88 bits per heavy atom. The van der Waals surface area contributed by atoms with Crippen molar-refractivity contribution >= 4 is 11.7 Å². The average molecular weight is 214 g/mol. The highest BCUT2D eigenvalue weighted by atomic mass is 16.2. The lowest BCUT2D eigenvalue weighted by atomic mass is 10.1. The van der Waals surface area contributed by atoms with Gasteiger partial charge < -0.3 is 0 Å². The van der Waals surface area contributed by atoms with Crippen molar-refractivity contribution in [2.45, 2.75) is 20.3 Å². The van der Waals surface area contributed by atoms with Crippen molar-refractivity contribution in [2.24, 2.45) is 5.92 Å². The summed E-state index contributed by atoms with van der Waals surface area (Å²) in [5.41, 5.74) is 2.12. The van der Waals surface area contributed by atoms with Gasteiger partial charge in [-0.1, -0.05) is 6.07 Å². The van der Waals surface area contributed by atoms with Crippen molar-refractivity contribution < 1.29 is 4.79 Å². The zero-order chi connectivity index (χ0) is 11.7. The first-order valence-electron chi connectivity index (χ1n) is 5.31. The Morgan fingerprint density at radius 1 is 1.56 bits per heavy atom. The maximum Gasteiger partial charge on any atom is 0.229 e. The van der Waals surface area contributed by atoms with Gasteiger partial charge in [0.1, 0.15) is 5.82 Å². The van der Waals surface area contributed by atoms with Gasteiger partial charge in [-0.2, -0.15) is 0 Å². The fourth-order valence-corrected chi connectivity index (χ4v) is 2.01. The average Bonchev–Trinajstić information content (AvgIpc) is 2.60. The van der Waals surface area contributed by atoms with Gasteiger partial charge in [0.15, 0.2) is 0 Å². The van der Waals surface area contributed by atoms with Gasteiger partial charge in [-0.25, -0.2) is 4.98 Å². The highest BCUT2D eigenvalue weighted by Crippen LogP contribution is 2.25. The molecule has 2 heterocycles. The van der Waals surface area contributed by atoms with Crippen LogP contribution < -0.4 is 4.90 Å². The van der Waals surface area contributed by atoms with E-state index in [1.54, 1.807) is 11.1 Å². The Morgan fingerprint density at radius 2 is 2.31 bits per heavy atom. The number of carbonyl (C=O) groups excluding carboxylic acids is 1. The molecule has 3 heteroatoms. The summed E-state index contributed by atoms with van der Waals surface area (Å²) in [4.78, 5) is 17.8. The molecule has 1 unspecified atom stereocenters. The van der Waals surface area contributed by atoms with Gasteiger partial charge >= 0.3 is 0 Å². The number of terminal acetylenes is 1. The van der Waals surface area contributed by atoms with Crippen LogP contribution in [0.25, 0.3) is 0 Å². The van der Waals surface area contributed by atoms with Crippen LogP contribution >= 0.6 is 0 Å². The number of carbonyl (C=O) groups is 1. The van der Waals surface area contributed by atoms with Gasteiger partial charge in [0.25, 0.3) is 0 Å². The van der Waals surface area contributed by atoms with E-state index < -0.39 is 0 Å². The van der Waals surface area contributed by atoms with E-state index in [1.165, 1.54) is 0 Å². The van der Waals surface area contributed by atoms with Crippen LogP contribution in [0.5, 0.6) is 0 Å². The summed E-state index contributed by atoms with van der Waals surface area (Å²) >= 11 is 0. The van der Waals surface area contributed by atoms with Crippen molar-refractivity contribution in [1.29, 1.82) is 0 Å². The molecule has 0 N–H and O–H groups in total. The lowest BCUT2D eigenvalue weighted by Crippen LogP contribution is -2.26. The zero-order valence-electron chi connectivity index (χ0n) is 9.53. The Bertz CT molecular complexity index is 473. The number of pyridine rings is 1. The topological polar surface area (TPSA) is 33.2 Å². The molecule has 16 heavy (non-hydrogen) atoms. The Labute approximate surface area is 95.5 Å². The molecule has 3 nitrogen and oxygen atoms in total. The number of hydrogen-bond donors (Lipinski definition) is 0. The molecule has 1 amide bonds. The molecule has 0 spiro atoms. The van der Waals surface area contributed by atoms with Gasteiger partial charge in [0, 0.05) is 25.1 Å². The second kappa shape index (κ2) is 3.97. The van der Waals surface area contributed by atoms with Crippen LogP contribution in [0.1, 0.15) is 17.5 Å². The summed E-state index contributed by atoms with van der Waals surface area (Å²) in [6.45, 7) is 4.54. The third-order valence-corrected chi connectivity index (χ3v) is 2.80. The minimum atomic E-state index is 0.0232. The molecule has 1 aliphatic rings. The molecule has 0 aliphatic carbocycles. The predicted octanol–water partition coefficient (Wildman–Crippen LogP) is 1.68. The highest BCUT2D eigenvalue weighted by Gasteiger charge is 2.30. The van der Waals surface area contributed by atoms with E-state index in [9.17, 15) is 4.79 Å². The number of aromatic nitrogens is 1. The van der Waals surface area contributed by atoms with Gasteiger partial charge in [0.05, 0.1) is 0 Å². The fraction of sp³-hybridized carbons (Fsp3) is 0.385. The molecule has 1 atom stereocenters. The largest absolute Gasteiger partial charge is 0.295 e. The van der Waals surface area contributed by atoms with Crippen LogP contribution in [0.4, 0.5) is 5.82 Å². The smallest absolute Gasteiger partial charge is 0.229 e. The summed E-state index contributed by atoms with van der Waals surface area (Å²) in [5.74, 6) is 3.47. The minimum Gasteiger partial charge on any atom is -0.295 e. The summed E-state index contributed by atoms with van der Waals surface area (Å²) < 4.78 is 0. The Hall–Kier alpha value is -1.82. The molecule has 0 bridgehead atoms. The molecule has 82 valence electrons. The van der Waals surface area contributed by atoms with Crippen molar-refractivity contribution in [1.82, 2.24) is 4.98 Å². The van der Waals surface area contributed by atoms with Gasteiger partial charge in [-0.3, -0.25) is 9.69 Å². The number of nitrogens with zero attached hydrogens (tertiary/aromatic N) is 2. The van der Waals surface area contributed by atoms with E-state index in [-0.39, 0.29) is 11.8 Å². The van der Waals surface area contributed by atoms with Crippen molar-refractivity contribution in [3.63, 3.8) is 0 Å². The SMILES string of the molecule is C#CC1CC(=O)N(c2ncc(C)cc2C)C1. The standard InChI is InChI=1S/C13H14N2O/c1-4-11-6-12(16)15(8-11)13-10(3)5-9(2)7-14-13/h1,5,7,11H,6,8H2,2-3H3. The molecule has 0 aromatic carbocycles. The first kappa shape index (κ1) is 10.7. The normalized spacial score (nSPS) is 19.9. The number of amides is 1. The number of hydrogen-bond acceptors (Lipinski definition) is 2. The lowest BCUT2D eigenvalue weighted by Gasteiger charge is -2.17. The molecule has 1 aromatic rings. The van der Waals surface area contributed by atoms with Crippen LogP contribution in [0.15, 0.2) is 12.3 Å². The molecule has 2 rings (SSSR count). The third-order valence-electron chi connectivity index (χ3n) is 2.80. The van der Waals surface area contributed by atoms with Gasteiger partial charge in [-0.15, -0.1) is 12.3 Å². The summed E-state index contributed by atoms with van der Waals surface area (Å²) in [6, 6.07) is 2.03. The van der Waals surface area contributed by atoms with Crippen LogP contribution in [0.3, 0.4) is 0 Å². The molecular formula is C13H14N2O. The lowest BCUT2D eigenvalue weighted by molar-refractivity contribution is -0.117. The van der Waals surface area contributed by atoms with E-state index in [2.05, 4.69) is 10.9 Å². The van der Waals surface area contributed by atoms with Gasteiger partial charge in [-0.05, 0) is 25.0 Å². The Kier molecular flexibility index (Phi) is 2.66. The first-order chi connectivity index (χ1) is 7.61. The molecule has 0 saturated carbocycles. The number of anilines is 1. The van der Waals surface area contributed by atoms with Crippen LogP contribution in [0.2, 0.25) is 0 Å². The third kappa shape index (κ3) is 1.79. The number of rotatable bonds is 1. The van der Waals surface area contributed by atoms with Crippen molar-refractivity contribution in [3.05, 3.63) is 23.4 Å². The van der Waals surface area contributed by atoms with Gasteiger partial charge in [0.2, 0.25) is 5.91 Å². The molecule has 1 fully saturated rings. The quantitative estimate of drug-likeness (QED) is 0.666. The maximum atomic E-state index is 11.8. The molecule has 0 radical (unpaired) electrons. The van der Waals surface area contributed by atoms with Crippen molar-refractivity contribution in [2.75, 3.05) is 11.4 Å². The summed E-state index contributed by atoms with van der Waals surface area (Å²) in [5, 5.41) is 0. The first-order valence-corrected chi connectivity index (χ1v) is 5.31. The van der Waals surface area contributed by atoms with E-state index in [4.69, 9.17) is 6.42 Å². The van der Waals surface area contributed by atoms with E-state index in [1.807, 2.05) is 19.9 Å². The Balaban J connectivity index is 2.32. The molecule has 1 aliphatic heterocycles.